The van der Waals surface area contributed by atoms with E-state index < -0.39 is 0 Å². The maximum Gasteiger partial charge on any atom is 0.257 e. The number of ether oxygens (including phenoxy) is 2. The van der Waals surface area contributed by atoms with Gasteiger partial charge in [0.1, 0.15) is 5.82 Å². The number of carbonyl (C=O) groups excluding carboxylic acids is 1. The Hall–Kier alpha value is -2.50. The molecule has 0 unspecified atom stereocenters. The number of hydrogen-bond acceptors (Lipinski definition) is 4. The minimum atomic E-state index is 0.00898. The van der Waals surface area contributed by atoms with Crippen LogP contribution in [0.1, 0.15) is 48.8 Å². The van der Waals surface area contributed by atoms with Crippen LogP contribution < -0.4 is 9.47 Å². The van der Waals surface area contributed by atoms with Crippen molar-refractivity contribution in [2.75, 3.05) is 27.3 Å². The lowest BCUT2D eigenvalue weighted by atomic mass is 9.95. The zero-order chi connectivity index (χ0) is 19.4. The monoisotopic (exact) mass is 371 g/mol. The summed E-state index contributed by atoms with van der Waals surface area (Å²) in [6.07, 6.45) is 5.93. The zero-order valence-electron chi connectivity index (χ0n) is 16.6. The van der Waals surface area contributed by atoms with Crippen molar-refractivity contribution in [1.29, 1.82) is 0 Å². The second kappa shape index (κ2) is 8.46. The van der Waals surface area contributed by atoms with Crippen molar-refractivity contribution < 1.29 is 14.3 Å². The summed E-state index contributed by atoms with van der Waals surface area (Å²) in [7, 11) is 3.15. The van der Waals surface area contributed by atoms with Crippen LogP contribution in [0.3, 0.4) is 0 Å². The topological polar surface area (TPSA) is 56.6 Å². The van der Waals surface area contributed by atoms with Crippen LogP contribution in [0.5, 0.6) is 11.5 Å². The lowest BCUT2D eigenvalue weighted by Crippen LogP contribution is -2.39. The highest BCUT2D eigenvalue weighted by Gasteiger charge is 2.27. The Bertz CT molecular complexity index is 777. The summed E-state index contributed by atoms with van der Waals surface area (Å²) in [6.45, 7) is 6.83. The molecule has 27 heavy (non-hydrogen) atoms. The highest BCUT2D eigenvalue weighted by molar-refractivity contribution is 5.97. The Kier molecular flexibility index (Phi) is 6.04. The average molecular weight is 371 g/mol. The van der Waals surface area contributed by atoms with Gasteiger partial charge >= 0.3 is 0 Å². The number of benzene rings is 1. The molecule has 146 valence electrons. The molecule has 1 aromatic carbocycles. The summed E-state index contributed by atoms with van der Waals surface area (Å²) >= 11 is 0. The van der Waals surface area contributed by atoms with Gasteiger partial charge in [-0.3, -0.25) is 4.79 Å². The van der Waals surface area contributed by atoms with Crippen molar-refractivity contribution in [3.05, 3.63) is 42.0 Å². The number of para-hydroxylation sites is 1. The molecular formula is C21H29N3O3. The van der Waals surface area contributed by atoms with Crippen LogP contribution >= 0.6 is 0 Å². The number of piperidine rings is 1. The molecule has 0 N–H and O–H groups in total. The number of nitrogens with zero attached hydrogens (tertiary/aromatic N) is 3. The Labute approximate surface area is 161 Å². The fourth-order valence-corrected chi connectivity index (χ4v) is 3.80. The van der Waals surface area contributed by atoms with Gasteiger partial charge in [-0.15, -0.1) is 0 Å². The van der Waals surface area contributed by atoms with Crippen LogP contribution in [0, 0.1) is 5.92 Å². The molecule has 1 aliphatic heterocycles. The molecule has 6 nitrogen and oxygen atoms in total. The minimum Gasteiger partial charge on any atom is -0.493 e. The second-order valence-corrected chi connectivity index (χ2v) is 7.37. The van der Waals surface area contributed by atoms with E-state index >= 15 is 0 Å². The van der Waals surface area contributed by atoms with Crippen LogP contribution in [0.15, 0.2) is 30.6 Å². The number of likely N-dealkylation sites (tertiary alicyclic amines) is 1. The molecule has 1 fully saturated rings. The van der Waals surface area contributed by atoms with Crippen LogP contribution in [0.25, 0.3) is 0 Å². The summed E-state index contributed by atoms with van der Waals surface area (Å²) in [5.74, 6) is 3.21. The van der Waals surface area contributed by atoms with Crippen molar-refractivity contribution in [3.63, 3.8) is 0 Å². The Morgan fingerprint density at radius 1 is 1.22 bits per heavy atom. The van der Waals surface area contributed by atoms with Crippen LogP contribution in [0.4, 0.5) is 0 Å². The molecule has 0 saturated carbocycles. The van der Waals surface area contributed by atoms with Crippen LogP contribution in [-0.2, 0) is 6.54 Å². The van der Waals surface area contributed by atoms with Gasteiger partial charge in [-0.1, -0.05) is 19.9 Å². The van der Waals surface area contributed by atoms with Gasteiger partial charge in [0.2, 0.25) is 0 Å². The van der Waals surface area contributed by atoms with Gasteiger partial charge in [0.15, 0.2) is 11.5 Å². The first kappa shape index (κ1) is 19.3. The molecule has 0 bridgehead atoms. The molecule has 3 rings (SSSR count). The van der Waals surface area contributed by atoms with Crippen molar-refractivity contribution in [3.8, 4) is 11.5 Å². The molecular weight excluding hydrogens is 342 g/mol. The average Bonchev–Trinajstić information content (AvgIpc) is 3.15. The molecule has 2 aromatic rings. The molecule has 0 atom stereocenters. The van der Waals surface area contributed by atoms with Crippen molar-refractivity contribution in [2.24, 2.45) is 5.92 Å². The van der Waals surface area contributed by atoms with Gasteiger partial charge < -0.3 is 18.9 Å². The lowest BCUT2D eigenvalue weighted by molar-refractivity contribution is 0.0678. The van der Waals surface area contributed by atoms with E-state index in [1.807, 2.05) is 17.2 Å². The first-order valence-electron chi connectivity index (χ1n) is 9.56. The predicted molar refractivity (Wildman–Crippen MR) is 104 cm³/mol. The molecule has 1 amide bonds. The Morgan fingerprint density at radius 3 is 2.59 bits per heavy atom. The van der Waals surface area contributed by atoms with Gasteiger partial charge in [-0.05, 0) is 30.9 Å². The number of rotatable bonds is 6. The lowest BCUT2D eigenvalue weighted by Gasteiger charge is -2.33. The van der Waals surface area contributed by atoms with E-state index in [4.69, 9.17) is 9.47 Å². The molecule has 0 radical (unpaired) electrons. The molecule has 0 aliphatic carbocycles. The van der Waals surface area contributed by atoms with Gasteiger partial charge in [-0.2, -0.15) is 0 Å². The first-order valence-corrected chi connectivity index (χ1v) is 9.56. The standard InChI is InChI=1S/C21H29N3O3/c1-15(2)20-22-10-13-24(20)14-16-8-11-23(12-9-16)21(25)17-6-5-7-18(26-3)19(17)27-4/h5-7,10,13,15-16H,8-9,11-12,14H2,1-4H3. The van der Waals surface area contributed by atoms with E-state index in [9.17, 15) is 4.79 Å². The number of carbonyl (C=O) groups is 1. The summed E-state index contributed by atoms with van der Waals surface area (Å²) < 4.78 is 13.0. The fourth-order valence-electron chi connectivity index (χ4n) is 3.80. The molecule has 6 heteroatoms. The minimum absolute atomic E-state index is 0.00898. The maximum atomic E-state index is 13.0. The third-order valence-electron chi connectivity index (χ3n) is 5.25. The maximum absolute atomic E-state index is 13.0. The molecule has 0 spiro atoms. The smallest absolute Gasteiger partial charge is 0.257 e. The van der Waals surface area contributed by atoms with E-state index in [0.717, 1.165) is 38.3 Å². The molecule has 1 aromatic heterocycles. The van der Waals surface area contributed by atoms with E-state index in [2.05, 4.69) is 29.6 Å². The highest BCUT2D eigenvalue weighted by Crippen LogP contribution is 2.32. The number of amides is 1. The van der Waals surface area contributed by atoms with E-state index in [0.29, 0.717) is 28.9 Å². The first-order chi connectivity index (χ1) is 13.0. The summed E-state index contributed by atoms with van der Waals surface area (Å²) in [6, 6.07) is 5.43. The molecule has 2 heterocycles. The molecule has 1 saturated heterocycles. The number of imidazole rings is 1. The van der Waals surface area contributed by atoms with E-state index in [1.54, 1.807) is 26.4 Å². The fraction of sp³-hybridized carbons (Fsp3) is 0.524. The van der Waals surface area contributed by atoms with Gasteiger partial charge in [0.25, 0.3) is 5.91 Å². The van der Waals surface area contributed by atoms with E-state index in [-0.39, 0.29) is 5.91 Å². The predicted octanol–water partition coefficient (Wildman–Crippen LogP) is 3.58. The summed E-state index contributed by atoms with van der Waals surface area (Å²) in [5.41, 5.74) is 0.562. The Morgan fingerprint density at radius 2 is 1.96 bits per heavy atom. The quantitative estimate of drug-likeness (QED) is 0.779. The van der Waals surface area contributed by atoms with Crippen molar-refractivity contribution >= 4 is 5.91 Å². The van der Waals surface area contributed by atoms with Crippen LogP contribution in [-0.4, -0.2) is 47.7 Å². The van der Waals surface area contributed by atoms with Crippen molar-refractivity contribution in [2.45, 2.75) is 39.2 Å². The van der Waals surface area contributed by atoms with Gasteiger partial charge in [0.05, 0.1) is 19.8 Å². The Balaban J connectivity index is 1.64. The SMILES string of the molecule is COc1cccc(C(=O)N2CCC(Cn3ccnc3C(C)C)CC2)c1OC. The number of hydrogen-bond donors (Lipinski definition) is 0. The van der Waals surface area contributed by atoms with E-state index in [1.165, 1.54) is 0 Å². The van der Waals surface area contributed by atoms with Gasteiger partial charge in [0, 0.05) is 37.9 Å². The third kappa shape index (κ3) is 4.10. The third-order valence-corrected chi connectivity index (χ3v) is 5.25. The van der Waals surface area contributed by atoms with Gasteiger partial charge in [-0.25, -0.2) is 4.98 Å². The van der Waals surface area contributed by atoms with Crippen molar-refractivity contribution in [1.82, 2.24) is 14.5 Å². The summed E-state index contributed by atoms with van der Waals surface area (Å²) in [4.78, 5) is 19.4. The normalized spacial score (nSPS) is 15.2. The largest absolute Gasteiger partial charge is 0.493 e. The zero-order valence-corrected chi connectivity index (χ0v) is 16.6. The summed E-state index contributed by atoms with van der Waals surface area (Å²) in [5, 5.41) is 0. The van der Waals surface area contributed by atoms with Crippen LogP contribution in [0.2, 0.25) is 0 Å². The highest BCUT2D eigenvalue weighted by atomic mass is 16.5. The molecule has 1 aliphatic rings. The number of aromatic nitrogens is 2. The number of methoxy groups -OCH3 is 2. The second-order valence-electron chi connectivity index (χ2n) is 7.37.